The summed E-state index contributed by atoms with van der Waals surface area (Å²) in [6, 6.07) is 6.75. The fraction of sp³-hybridized carbons (Fsp3) is 0.333. The molecule has 0 saturated carbocycles. The second kappa shape index (κ2) is 7.68. The standard InChI is InChI=1S/C18H19NO5/c1-11-12(8-5-9-15(20)19-10-16(21)24-2)18(23)14-7-4-3-6-13(14)17(11)22/h3-4,6-7H,5,8-10H2,1-2H3,(H,19,20). The summed E-state index contributed by atoms with van der Waals surface area (Å²) in [5.41, 5.74) is 1.74. The molecule has 2 rings (SSSR count). The van der Waals surface area contributed by atoms with E-state index in [1.54, 1.807) is 31.2 Å². The molecule has 0 spiro atoms. The number of esters is 1. The molecule has 0 fully saturated rings. The number of hydrogen-bond acceptors (Lipinski definition) is 5. The van der Waals surface area contributed by atoms with Crippen LogP contribution in [0.4, 0.5) is 0 Å². The van der Waals surface area contributed by atoms with E-state index in [0.717, 1.165) is 0 Å². The highest BCUT2D eigenvalue weighted by Crippen LogP contribution is 2.28. The van der Waals surface area contributed by atoms with Crippen LogP contribution in [0.25, 0.3) is 0 Å². The van der Waals surface area contributed by atoms with Gasteiger partial charge in [0.1, 0.15) is 6.54 Å². The molecule has 1 aliphatic carbocycles. The quantitative estimate of drug-likeness (QED) is 0.804. The van der Waals surface area contributed by atoms with E-state index in [0.29, 0.717) is 35.1 Å². The van der Waals surface area contributed by atoms with E-state index in [1.165, 1.54) is 7.11 Å². The molecule has 0 bridgehead atoms. The molecule has 1 aromatic rings. The topological polar surface area (TPSA) is 89.5 Å². The number of hydrogen-bond donors (Lipinski definition) is 1. The first kappa shape index (κ1) is 17.6. The largest absolute Gasteiger partial charge is 0.468 e. The van der Waals surface area contributed by atoms with Crippen molar-refractivity contribution >= 4 is 23.4 Å². The zero-order valence-electron chi connectivity index (χ0n) is 13.7. The molecular formula is C18H19NO5. The summed E-state index contributed by atoms with van der Waals surface area (Å²) in [5.74, 6) is -1.12. The maximum Gasteiger partial charge on any atom is 0.325 e. The van der Waals surface area contributed by atoms with Gasteiger partial charge in [0, 0.05) is 28.7 Å². The Morgan fingerprint density at radius 2 is 1.71 bits per heavy atom. The molecule has 1 N–H and O–H groups in total. The Bertz CT molecular complexity index is 733. The number of allylic oxidation sites excluding steroid dienone is 2. The van der Waals surface area contributed by atoms with Crippen LogP contribution in [0.2, 0.25) is 0 Å². The van der Waals surface area contributed by atoms with Crippen LogP contribution in [-0.2, 0) is 14.3 Å². The van der Waals surface area contributed by atoms with Crippen LogP contribution >= 0.6 is 0 Å². The van der Waals surface area contributed by atoms with Gasteiger partial charge in [0.2, 0.25) is 5.91 Å². The summed E-state index contributed by atoms with van der Waals surface area (Å²) in [5, 5.41) is 2.44. The third-order valence-electron chi connectivity index (χ3n) is 3.97. The molecule has 0 aromatic heterocycles. The second-order valence-electron chi connectivity index (χ2n) is 5.51. The average Bonchev–Trinajstić information content (AvgIpc) is 2.60. The summed E-state index contributed by atoms with van der Waals surface area (Å²) in [6.45, 7) is 1.46. The molecular weight excluding hydrogens is 310 g/mol. The van der Waals surface area contributed by atoms with Crippen molar-refractivity contribution in [1.82, 2.24) is 5.32 Å². The molecule has 0 heterocycles. The zero-order valence-corrected chi connectivity index (χ0v) is 13.7. The van der Waals surface area contributed by atoms with Crippen molar-refractivity contribution in [2.24, 2.45) is 0 Å². The highest BCUT2D eigenvalue weighted by molar-refractivity contribution is 6.26. The molecule has 24 heavy (non-hydrogen) atoms. The number of ether oxygens (including phenoxy) is 1. The third-order valence-corrected chi connectivity index (χ3v) is 3.97. The van der Waals surface area contributed by atoms with Crippen LogP contribution < -0.4 is 5.32 Å². The van der Waals surface area contributed by atoms with Crippen LogP contribution in [0.3, 0.4) is 0 Å². The predicted octanol–water partition coefficient (Wildman–Crippen LogP) is 1.84. The monoisotopic (exact) mass is 329 g/mol. The lowest BCUT2D eigenvalue weighted by Gasteiger charge is -2.18. The van der Waals surface area contributed by atoms with Crippen molar-refractivity contribution in [3.8, 4) is 0 Å². The zero-order chi connectivity index (χ0) is 17.7. The number of ketones is 2. The smallest absolute Gasteiger partial charge is 0.325 e. The number of nitrogens with one attached hydrogen (secondary N) is 1. The number of carbonyl (C=O) groups is 4. The van der Waals surface area contributed by atoms with E-state index < -0.39 is 5.97 Å². The van der Waals surface area contributed by atoms with E-state index in [-0.39, 0.29) is 30.4 Å². The summed E-state index contributed by atoms with van der Waals surface area (Å²) in [4.78, 5) is 47.5. The molecule has 126 valence electrons. The van der Waals surface area contributed by atoms with Crippen molar-refractivity contribution in [2.75, 3.05) is 13.7 Å². The molecule has 6 heteroatoms. The first-order valence-corrected chi connectivity index (χ1v) is 7.67. The van der Waals surface area contributed by atoms with Gasteiger partial charge in [0.05, 0.1) is 7.11 Å². The van der Waals surface area contributed by atoms with Crippen LogP contribution in [0, 0.1) is 0 Å². The number of methoxy groups -OCH3 is 1. The lowest BCUT2D eigenvalue weighted by atomic mass is 9.83. The van der Waals surface area contributed by atoms with Gasteiger partial charge in [-0.15, -0.1) is 0 Å². The summed E-state index contributed by atoms with van der Waals surface area (Å²) >= 11 is 0. The Labute approximate surface area is 139 Å². The fourth-order valence-corrected chi connectivity index (χ4v) is 2.61. The fourth-order valence-electron chi connectivity index (χ4n) is 2.61. The molecule has 1 amide bonds. The first-order chi connectivity index (χ1) is 11.5. The predicted molar refractivity (Wildman–Crippen MR) is 86.7 cm³/mol. The molecule has 1 aromatic carbocycles. The Balaban J connectivity index is 1.97. The summed E-state index contributed by atoms with van der Waals surface area (Å²) in [7, 11) is 1.24. The maximum atomic E-state index is 12.5. The van der Waals surface area contributed by atoms with Crippen LogP contribution in [-0.4, -0.2) is 37.1 Å². The van der Waals surface area contributed by atoms with Gasteiger partial charge in [0.15, 0.2) is 11.6 Å². The van der Waals surface area contributed by atoms with Crippen LogP contribution in [0.5, 0.6) is 0 Å². The van der Waals surface area contributed by atoms with E-state index in [4.69, 9.17) is 0 Å². The lowest BCUT2D eigenvalue weighted by Crippen LogP contribution is -2.30. The maximum absolute atomic E-state index is 12.5. The molecule has 0 radical (unpaired) electrons. The molecule has 0 atom stereocenters. The van der Waals surface area contributed by atoms with Gasteiger partial charge in [-0.3, -0.25) is 19.2 Å². The van der Waals surface area contributed by atoms with E-state index in [1.807, 2.05) is 0 Å². The SMILES string of the molecule is COC(=O)CNC(=O)CCCC1=C(C)C(=O)c2ccccc2C1=O. The Hall–Kier alpha value is -2.76. The highest BCUT2D eigenvalue weighted by Gasteiger charge is 2.28. The Kier molecular flexibility index (Phi) is 5.63. The van der Waals surface area contributed by atoms with E-state index >= 15 is 0 Å². The first-order valence-electron chi connectivity index (χ1n) is 7.67. The van der Waals surface area contributed by atoms with E-state index in [2.05, 4.69) is 10.1 Å². The number of rotatable bonds is 6. The van der Waals surface area contributed by atoms with Gasteiger partial charge in [-0.2, -0.15) is 0 Å². The average molecular weight is 329 g/mol. The molecule has 1 aliphatic rings. The minimum atomic E-state index is -0.522. The molecule has 6 nitrogen and oxygen atoms in total. The second-order valence-corrected chi connectivity index (χ2v) is 5.51. The highest BCUT2D eigenvalue weighted by atomic mass is 16.5. The minimum absolute atomic E-state index is 0.143. The number of carbonyl (C=O) groups excluding carboxylic acids is 4. The van der Waals surface area contributed by atoms with Gasteiger partial charge in [0.25, 0.3) is 0 Å². The van der Waals surface area contributed by atoms with Crippen LogP contribution in [0.15, 0.2) is 35.4 Å². The number of Topliss-reactive ketones (excluding diaryl/α,β-unsaturated/α-hetero) is 2. The molecule has 0 unspecified atom stereocenters. The van der Waals surface area contributed by atoms with Crippen molar-refractivity contribution in [3.05, 3.63) is 46.5 Å². The third kappa shape index (κ3) is 3.76. The van der Waals surface area contributed by atoms with Gasteiger partial charge in [-0.1, -0.05) is 24.3 Å². The Morgan fingerprint density at radius 3 is 2.33 bits per heavy atom. The van der Waals surface area contributed by atoms with Crippen molar-refractivity contribution in [2.45, 2.75) is 26.2 Å². The number of amides is 1. The summed E-state index contributed by atoms with van der Waals surface area (Å²) in [6.07, 6.45) is 0.925. The molecule has 0 aliphatic heterocycles. The van der Waals surface area contributed by atoms with E-state index in [9.17, 15) is 19.2 Å². The minimum Gasteiger partial charge on any atom is -0.468 e. The van der Waals surface area contributed by atoms with Crippen molar-refractivity contribution in [3.63, 3.8) is 0 Å². The Morgan fingerprint density at radius 1 is 1.08 bits per heavy atom. The van der Waals surface area contributed by atoms with Gasteiger partial charge >= 0.3 is 5.97 Å². The summed E-state index contributed by atoms with van der Waals surface area (Å²) < 4.78 is 4.43. The van der Waals surface area contributed by atoms with Crippen molar-refractivity contribution in [1.29, 1.82) is 0 Å². The van der Waals surface area contributed by atoms with Crippen LogP contribution in [0.1, 0.15) is 46.9 Å². The van der Waals surface area contributed by atoms with Gasteiger partial charge in [-0.05, 0) is 19.8 Å². The van der Waals surface area contributed by atoms with Crippen molar-refractivity contribution < 1.29 is 23.9 Å². The van der Waals surface area contributed by atoms with Gasteiger partial charge in [-0.25, -0.2) is 0 Å². The molecule has 0 saturated heterocycles. The van der Waals surface area contributed by atoms with Gasteiger partial charge < -0.3 is 10.1 Å². The number of fused-ring (bicyclic) bond motifs is 1. The normalized spacial score (nSPS) is 13.6. The number of benzene rings is 1. The lowest BCUT2D eigenvalue weighted by molar-refractivity contribution is -0.141.